The van der Waals surface area contributed by atoms with Gasteiger partial charge in [-0.1, -0.05) is 35.9 Å². The van der Waals surface area contributed by atoms with Gasteiger partial charge in [-0.25, -0.2) is 4.98 Å². The molecule has 0 spiro atoms. The van der Waals surface area contributed by atoms with Gasteiger partial charge in [0, 0.05) is 42.1 Å². The zero-order valence-corrected chi connectivity index (χ0v) is 21.0. The molecule has 5 rings (SSSR count). The Labute approximate surface area is 213 Å². The lowest BCUT2D eigenvalue weighted by Gasteiger charge is -2.12. The summed E-state index contributed by atoms with van der Waals surface area (Å²) < 4.78 is 32.3. The molecule has 0 aliphatic carbocycles. The van der Waals surface area contributed by atoms with Crippen LogP contribution < -0.4 is 14.8 Å². The number of nitrogen functional groups attached to an aromatic ring is 1. The quantitative estimate of drug-likeness (QED) is 0.310. The molecule has 36 heavy (non-hydrogen) atoms. The lowest BCUT2D eigenvalue weighted by atomic mass is 10.1. The van der Waals surface area contributed by atoms with Crippen molar-refractivity contribution in [1.82, 2.24) is 14.6 Å². The molecule has 0 unspecified atom stereocenters. The molecule has 0 saturated heterocycles. The molecule has 5 aromatic rings. The van der Waals surface area contributed by atoms with Gasteiger partial charge in [0.1, 0.15) is 16.5 Å². The van der Waals surface area contributed by atoms with E-state index in [1.54, 1.807) is 41.2 Å². The molecule has 0 fully saturated rings. The molecule has 0 aliphatic rings. The van der Waals surface area contributed by atoms with Gasteiger partial charge in [0.25, 0.3) is 0 Å². The van der Waals surface area contributed by atoms with Crippen molar-refractivity contribution in [2.75, 3.05) is 24.7 Å². The van der Waals surface area contributed by atoms with Crippen LogP contribution in [-0.2, 0) is 10.1 Å². The second-order valence-electron chi connectivity index (χ2n) is 8.31. The van der Waals surface area contributed by atoms with Crippen LogP contribution in [-0.4, -0.2) is 37.1 Å². The smallest absolute Gasteiger partial charge is 0.339 e. The Hall–Kier alpha value is -4.08. The molecular weight excluding hydrogens is 498 g/mol. The summed E-state index contributed by atoms with van der Waals surface area (Å²) in [4.78, 5) is 6.64. The van der Waals surface area contributed by atoms with Crippen LogP contribution in [0, 0.1) is 0 Å². The predicted octanol–water partition coefficient (Wildman–Crippen LogP) is 5.13. The van der Waals surface area contributed by atoms with Crippen molar-refractivity contribution in [3.8, 4) is 28.0 Å². The van der Waals surface area contributed by atoms with Crippen LogP contribution in [0.15, 0.2) is 90.1 Å². The van der Waals surface area contributed by atoms with Gasteiger partial charge in [-0.05, 0) is 59.7 Å². The van der Waals surface area contributed by atoms with Crippen molar-refractivity contribution in [2.24, 2.45) is 0 Å². The van der Waals surface area contributed by atoms with Crippen LogP contribution in [0.2, 0.25) is 5.02 Å². The molecular formula is C26H22ClN5O3S. The number of aromatic nitrogens is 3. The first-order valence-corrected chi connectivity index (χ1v) is 12.7. The third-order valence-corrected chi connectivity index (χ3v) is 7.23. The Bertz CT molecular complexity index is 1660. The highest BCUT2D eigenvalue weighted by Gasteiger charge is 2.18. The molecule has 182 valence electrons. The Balaban J connectivity index is 1.47. The van der Waals surface area contributed by atoms with Crippen LogP contribution in [0.5, 0.6) is 5.75 Å². The van der Waals surface area contributed by atoms with Crippen molar-refractivity contribution in [3.05, 3.63) is 90.2 Å². The fourth-order valence-corrected chi connectivity index (χ4v) is 4.85. The second-order valence-corrected chi connectivity index (χ2v) is 10.3. The van der Waals surface area contributed by atoms with Gasteiger partial charge in [-0.2, -0.15) is 18.0 Å². The molecule has 3 aromatic carbocycles. The van der Waals surface area contributed by atoms with Gasteiger partial charge in [0.2, 0.25) is 0 Å². The zero-order chi connectivity index (χ0) is 25.4. The number of hydrogen-bond acceptors (Lipinski definition) is 7. The van der Waals surface area contributed by atoms with Crippen LogP contribution in [0.1, 0.15) is 0 Å². The maximum absolute atomic E-state index is 12.7. The summed E-state index contributed by atoms with van der Waals surface area (Å²) in [5.74, 6) is 0.512. The molecule has 10 heteroatoms. The summed E-state index contributed by atoms with van der Waals surface area (Å²) in [6.45, 7) is 0. The highest BCUT2D eigenvalue weighted by atomic mass is 35.5. The number of hydrogen-bond donors (Lipinski definition) is 1. The molecule has 0 amide bonds. The zero-order valence-electron chi connectivity index (χ0n) is 19.5. The summed E-state index contributed by atoms with van der Waals surface area (Å²) in [7, 11) is -0.0611. The van der Waals surface area contributed by atoms with E-state index in [-0.39, 0.29) is 10.6 Å². The summed E-state index contributed by atoms with van der Waals surface area (Å²) in [6.07, 6.45) is 3.38. The minimum Gasteiger partial charge on any atom is -0.383 e. The molecule has 0 radical (unpaired) electrons. The standard InChI is InChI=1S/C26H22ClN5O3S/c1-31(2)20-10-6-17(7-11-20)24-16-30-32-25(28)23(15-29-26(24)32)18-4-3-5-21(14-18)35-36(33,34)22-12-8-19(27)9-13-22/h3-16H,28H2,1-2H3. The van der Waals surface area contributed by atoms with Gasteiger partial charge in [-0.3, -0.25) is 0 Å². The lowest BCUT2D eigenvalue weighted by molar-refractivity contribution is 0.486. The fraction of sp³-hybridized carbons (Fsp3) is 0.0769. The Morgan fingerprint density at radius 1 is 0.917 bits per heavy atom. The second kappa shape index (κ2) is 9.18. The molecule has 2 N–H and O–H groups in total. The van der Waals surface area contributed by atoms with E-state index < -0.39 is 10.1 Å². The predicted molar refractivity (Wildman–Crippen MR) is 142 cm³/mol. The summed E-state index contributed by atoms with van der Waals surface area (Å²) in [5.41, 5.74) is 11.2. The normalized spacial score (nSPS) is 11.5. The van der Waals surface area contributed by atoms with E-state index in [0.717, 1.165) is 16.8 Å². The van der Waals surface area contributed by atoms with Gasteiger partial charge in [0.15, 0.2) is 5.65 Å². The van der Waals surface area contributed by atoms with E-state index in [9.17, 15) is 8.42 Å². The van der Waals surface area contributed by atoms with E-state index in [4.69, 9.17) is 21.5 Å². The van der Waals surface area contributed by atoms with E-state index in [0.29, 0.717) is 27.6 Å². The van der Waals surface area contributed by atoms with Crippen LogP contribution >= 0.6 is 11.6 Å². The number of rotatable bonds is 6. The number of fused-ring (bicyclic) bond motifs is 1. The van der Waals surface area contributed by atoms with E-state index >= 15 is 0 Å². The molecule has 0 aliphatic heterocycles. The van der Waals surface area contributed by atoms with Crippen molar-refractivity contribution in [2.45, 2.75) is 4.90 Å². The van der Waals surface area contributed by atoms with Crippen molar-refractivity contribution in [3.63, 3.8) is 0 Å². The number of anilines is 2. The molecule has 0 bridgehead atoms. The van der Waals surface area contributed by atoms with Crippen molar-refractivity contribution in [1.29, 1.82) is 0 Å². The average molecular weight is 520 g/mol. The highest BCUT2D eigenvalue weighted by Crippen LogP contribution is 2.32. The first-order chi connectivity index (χ1) is 17.2. The van der Waals surface area contributed by atoms with E-state index in [1.807, 2.05) is 43.3 Å². The molecule has 0 saturated carbocycles. The molecule has 8 nitrogen and oxygen atoms in total. The van der Waals surface area contributed by atoms with Crippen LogP contribution in [0.4, 0.5) is 11.5 Å². The van der Waals surface area contributed by atoms with E-state index in [1.165, 1.54) is 24.3 Å². The van der Waals surface area contributed by atoms with Gasteiger partial charge >= 0.3 is 10.1 Å². The van der Waals surface area contributed by atoms with E-state index in [2.05, 4.69) is 10.1 Å². The average Bonchev–Trinajstić information content (AvgIpc) is 3.29. The number of halogens is 1. The topological polar surface area (TPSA) is 103 Å². The monoisotopic (exact) mass is 519 g/mol. The molecule has 2 aromatic heterocycles. The van der Waals surface area contributed by atoms with Gasteiger partial charge < -0.3 is 14.8 Å². The summed E-state index contributed by atoms with van der Waals surface area (Å²) in [5, 5.41) is 4.88. The Kier molecular flexibility index (Phi) is 6.03. The van der Waals surface area contributed by atoms with Gasteiger partial charge in [-0.15, -0.1) is 0 Å². The Morgan fingerprint density at radius 3 is 2.33 bits per heavy atom. The minimum atomic E-state index is -4.04. The van der Waals surface area contributed by atoms with Crippen molar-refractivity contribution >= 4 is 38.9 Å². The number of benzene rings is 3. The Morgan fingerprint density at radius 2 is 1.64 bits per heavy atom. The lowest BCUT2D eigenvalue weighted by Crippen LogP contribution is -2.09. The van der Waals surface area contributed by atoms with Crippen LogP contribution in [0.25, 0.3) is 27.9 Å². The molecule has 0 atom stereocenters. The SMILES string of the molecule is CN(C)c1ccc(-c2cnn3c(N)c(-c4cccc(OS(=O)(=O)c5ccc(Cl)cc5)c4)cnc23)cc1. The fourth-order valence-electron chi connectivity index (χ4n) is 3.81. The minimum absolute atomic E-state index is 0.00240. The number of nitrogens with two attached hydrogens (primary N) is 1. The maximum atomic E-state index is 12.7. The first kappa shape index (κ1) is 23.7. The largest absolute Gasteiger partial charge is 0.383 e. The summed E-state index contributed by atoms with van der Waals surface area (Å²) in [6, 6.07) is 20.5. The van der Waals surface area contributed by atoms with Gasteiger partial charge in [0.05, 0.1) is 6.20 Å². The number of nitrogens with zero attached hydrogens (tertiary/aromatic N) is 4. The highest BCUT2D eigenvalue weighted by molar-refractivity contribution is 7.87. The van der Waals surface area contributed by atoms with Crippen molar-refractivity contribution < 1.29 is 12.6 Å². The third kappa shape index (κ3) is 4.46. The third-order valence-electron chi connectivity index (χ3n) is 5.71. The summed E-state index contributed by atoms with van der Waals surface area (Å²) >= 11 is 5.86. The first-order valence-electron chi connectivity index (χ1n) is 10.9. The maximum Gasteiger partial charge on any atom is 0.339 e. The van der Waals surface area contributed by atoms with Crippen LogP contribution in [0.3, 0.4) is 0 Å². The molecule has 2 heterocycles.